The zero-order valence-corrected chi connectivity index (χ0v) is 17.5. The second kappa shape index (κ2) is 7.59. The zero-order chi connectivity index (χ0) is 20.6. The lowest BCUT2D eigenvalue weighted by molar-refractivity contribution is 0.414. The molecule has 0 saturated carbocycles. The molecule has 0 unspecified atom stereocenters. The highest BCUT2D eigenvalue weighted by atomic mass is 35.5. The Bertz CT molecular complexity index is 1270. The number of hydrogen-bond donors (Lipinski definition) is 1. The summed E-state index contributed by atoms with van der Waals surface area (Å²) in [5.41, 5.74) is 2.87. The molecule has 2 aromatic carbocycles. The molecule has 0 saturated heterocycles. The third-order valence-electron chi connectivity index (χ3n) is 4.29. The topological polar surface area (TPSA) is 72.7 Å². The van der Waals surface area contributed by atoms with Crippen molar-refractivity contribution in [2.45, 2.75) is 4.90 Å². The maximum atomic E-state index is 12.7. The average Bonchev–Trinajstić information content (AvgIpc) is 3.13. The third kappa shape index (κ3) is 3.89. The van der Waals surface area contributed by atoms with Crippen molar-refractivity contribution in [2.75, 3.05) is 11.8 Å². The summed E-state index contributed by atoms with van der Waals surface area (Å²) in [6.07, 6.45) is 3.83. The van der Waals surface area contributed by atoms with Crippen LogP contribution in [-0.2, 0) is 10.0 Å². The van der Waals surface area contributed by atoms with Crippen LogP contribution in [-0.4, -0.2) is 24.9 Å². The van der Waals surface area contributed by atoms with E-state index in [-0.39, 0.29) is 14.9 Å². The Labute approximate surface area is 177 Å². The summed E-state index contributed by atoms with van der Waals surface area (Å²) in [5.74, 6) is 0.299. The first-order valence-corrected chi connectivity index (χ1v) is 10.7. The van der Waals surface area contributed by atoms with E-state index < -0.39 is 10.0 Å². The predicted octanol–water partition coefficient (Wildman–Crippen LogP) is 5.12. The van der Waals surface area contributed by atoms with E-state index in [1.54, 1.807) is 24.3 Å². The van der Waals surface area contributed by atoms with Crippen molar-refractivity contribution in [3.8, 4) is 17.0 Å². The summed E-state index contributed by atoms with van der Waals surface area (Å²) in [4.78, 5) is 4.42. The molecular formula is C20H15Cl2N3O3S. The van der Waals surface area contributed by atoms with Crippen LogP contribution in [0.4, 0.5) is 5.69 Å². The number of rotatable bonds is 5. The van der Waals surface area contributed by atoms with E-state index in [0.717, 1.165) is 16.9 Å². The number of anilines is 1. The molecule has 0 aliphatic heterocycles. The lowest BCUT2D eigenvalue weighted by Crippen LogP contribution is -2.13. The van der Waals surface area contributed by atoms with Crippen molar-refractivity contribution < 1.29 is 13.2 Å². The molecule has 4 aromatic rings. The lowest BCUT2D eigenvalue weighted by atomic mass is 10.1. The molecule has 6 nitrogen and oxygen atoms in total. The monoisotopic (exact) mass is 447 g/mol. The maximum Gasteiger partial charge on any atom is 0.263 e. The SMILES string of the molecule is COc1cc(Cl)c(S(=O)(=O)Nc2ccc(-c3cn4ccccc4n3)cc2)cc1Cl. The van der Waals surface area contributed by atoms with Gasteiger partial charge in [-0.2, -0.15) is 0 Å². The third-order valence-corrected chi connectivity index (χ3v) is 6.43. The van der Waals surface area contributed by atoms with Crippen LogP contribution >= 0.6 is 23.2 Å². The molecule has 0 amide bonds. The molecule has 2 aromatic heterocycles. The van der Waals surface area contributed by atoms with Gasteiger partial charge in [0.1, 0.15) is 16.3 Å². The number of ether oxygens (including phenoxy) is 1. The van der Waals surface area contributed by atoms with Crippen LogP contribution in [0.2, 0.25) is 10.0 Å². The van der Waals surface area contributed by atoms with Gasteiger partial charge in [0.15, 0.2) is 0 Å². The lowest BCUT2D eigenvalue weighted by Gasteiger charge is -2.12. The van der Waals surface area contributed by atoms with E-state index in [2.05, 4.69) is 9.71 Å². The highest BCUT2D eigenvalue weighted by Crippen LogP contribution is 2.34. The molecule has 0 spiro atoms. The fourth-order valence-corrected chi connectivity index (χ4v) is 4.77. The van der Waals surface area contributed by atoms with Gasteiger partial charge >= 0.3 is 0 Å². The molecule has 9 heteroatoms. The summed E-state index contributed by atoms with van der Waals surface area (Å²) >= 11 is 12.2. The highest BCUT2D eigenvalue weighted by Gasteiger charge is 2.21. The molecule has 148 valence electrons. The van der Waals surface area contributed by atoms with Crippen LogP contribution in [0.25, 0.3) is 16.9 Å². The average molecular weight is 448 g/mol. The van der Waals surface area contributed by atoms with E-state index >= 15 is 0 Å². The summed E-state index contributed by atoms with van der Waals surface area (Å²) in [6, 6.07) is 15.3. The van der Waals surface area contributed by atoms with Crippen molar-refractivity contribution >= 4 is 44.6 Å². The Morgan fingerprint density at radius 1 is 1.03 bits per heavy atom. The van der Waals surface area contributed by atoms with Gasteiger partial charge in [-0.1, -0.05) is 41.4 Å². The van der Waals surface area contributed by atoms with Crippen LogP contribution in [0, 0.1) is 0 Å². The van der Waals surface area contributed by atoms with E-state index in [0.29, 0.717) is 11.4 Å². The molecule has 0 aliphatic rings. The van der Waals surface area contributed by atoms with E-state index in [4.69, 9.17) is 27.9 Å². The largest absolute Gasteiger partial charge is 0.495 e. The van der Waals surface area contributed by atoms with Gasteiger partial charge in [-0.15, -0.1) is 0 Å². The number of sulfonamides is 1. The number of benzene rings is 2. The smallest absolute Gasteiger partial charge is 0.263 e. The van der Waals surface area contributed by atoms with E-state index in [1.807, 2.05) is 35.0 Å². The van der Waals surface area contributed by atoms with Gasteiger partial charge in [-0.25, -0.2) is 13.4 Å². The van der Waals surface area contributed by atoms with Gasteiger partial charge in [0.2, 0.25) is 0 Å². The van der Waals surface area contributed by atoms with Crippen molar-refractivity contribution in [3.63, 3.8) is 0 Å². The first kappa shape index (κ1) is 19.6. The Morgan fingerprint density at radius 2 is 1.79 bits per heavy atom. The van der Waals surface area contributed by atoms with Crippen LogP contribution in [0.3, 0.4) is 0 Å². The van der Waals surface area contributed by atoms with E-state index in [9.17, 15) is 8.42 Å². The van der Waals surface area contributed by atoms with Gasteiger partial charge in [-0.3, -0.25) is 4.72 Å². The molecule has 1 N–H and O–H groups in total. The molecule has 4 rings (SSSR count). The highest BCUT2D eigenvalue weighted by molar-refractivity contribution is 7.92. The fraction of sp³-hybridized carbons (Fsp3) is 0.0500. The summed E-state index contributed by atoms with van der Waals surface area (Å²) in [5, 5.41) is 0.166. The van der Waals surface area contributed by atoms with Crippen molar-refractivity contribution in [1.29, 1.82) is 0 Å². The van der Waals surface area contributed by atoms with Crippen LogP contribution in [0.15, 0.2) is 71.9 Å². The first-order valence-electron chi connectivity index (χ1n) is 8.47. The number of hydrogen-bond acceptors (Lipinski definition) is 4. The van der Waals surface area contributed by atoms with Gasteiger partial charge < -0.3 is 9.14 Å². The minimum atomic E-state index is -3.93. The molecule has 0 atom stereocenters. The first-order chi connectivity index (χ1) is 13.9. The molecule has 29 heavy (non-hydrogen) atoms. The minimum Gasteiger partial charge on any atom is -0.495 e. The molecule has 0 radical (unpaired) electrons. The quantitative estimate of drug-likeness (QED) is 0.460. The summed E-state index contributed by atoms with van der Waals surface area (Å²) in [7, 11) is -2.51. The molecule has 0 bridgehead atoms. The summed E-state index contributed by atoms with van der Waals surface area (Å²) in [6.45, 7) is 0. The van der Waals surface area contributed by atoms with Crippen molar-refractivity contribution in [2.24, 2.45) is 0 Å². The zero-order valence-electron chi connectivity index (χ0n) is 15.1. The number of fused-ring (bicyclic) bond motifs is 1. The van der Waals surface area contributed by atoms with Crippen LogP contribution in [0.5, 0.6) is 5.75 Å². The van der Waals surface area contributed by atoms with Crippen molar-refractivity contribution in [1.82, 2.24) is 9.38 Å². The van der Waals surface area contributed by atoms with Gasteiger partial charge in [0, 0.05) is 29.7 Å². The normalized spacial score (nSPS) is 11.6. The second-order valence-corrected chi connectivity index (χ2v) is 8.66. The Balaban J connectivity index is 1.60. The van der Waals surface area contributed by atoms with Gasteiger partial charge in [0.05, 0.1) is 22.8 Å². The number of imidazole rings is 1. The van der Waals surface area contributed by atoms with E-state index in [1.165, 1.54) is 19.2 Å². The summed E-state index contributed by atoms with van der Waals surface area (Å²) < 4.78 is 34.9. The Morgan fingerprint density at radius 3 is 2.48 bits per heavy atom. The van der Waals surface area contributed by atoms with Crippen molar-refractivity contribution in [3.05, 3.63) is 77.0 Å². The molecule has 2 heterocycles. The minimum absolute atomic E-state index is 0.0140. The van der Waals surface area contributed by atoms with Gasteiger partial charge in [-0.05, 0) is 30.3 Å². The number of halogens is 2. The predicted molar refractivity (Wildman–Crippen MR) is 114 cm³/mol. The standard InChI is InChI=1S/C20H15Cl2N3O3S/c1-28-18-10-16(22)19(11-15(18)21)29(26,27)24-14-7-5-13(6-8-14)17-12-25-9-3-2-4-20(25)23-17/h2-12,24H,1H3. The molecule has 0 aliphatic carbocycles. The fourth-order valence-electron chi connectivity index (χ4n) is 2.87. The number of aromatic nitrogens is 2. The Hall–Kier alpha value is -2.74. The van der Waals surface area contributed by atoms with Gasteiger partial charge in [0.25, 0.3) is 10.0 Å². The number of methoxy groups -OCH3 is 1. The van der Waals surface area contributed by atoms with Crippen LogP contribution < -0.4 is 9.46 Å². The Kier molecular flexibility index (Phi) is 5.12. The maximum absolute atomic E-state index is 12.7. The second-order valence-electron chi connectivity index (χ2n) is 6.19. The number of nitrogens with zero attached hydrogens (tertiary/aromatic N) is 2. The number of nitrogens with one attached hydrogen (secondary N) is 1. The molecular weight excluding hydrogens is 433 g/mol. The molecule has 0 fully saturated rings. The van der Waals surface area contributed by atoms with Crippen LogP contribution in [0.1, 0.15) is 0 Å². The number of pyridine rings is 1.